The van der Waals surface area contributed by atoms with Crippen molar-refractivity contribution in [3.8, 4) is 11.3 Å². The first-order chi connectivity index (χ1) is 11.1. The Bertz CT molecular complexity index is 866. The molecule has 6 heteroatoms. The lowest BCUT2D eigenvalue weighted by molar-refractivity contribution is 0.598. The van der Waals surface area contributed by atoms with Crippen molar-refractivity contribution in [1.29, 1.82) is 0 Å². The summed E-state index contributed by atoms with van der Waals surface area (Å²) in [6.07, 6.45) is 5.42. The molecule has 0 aliphatic rings. The van der Waals surface area contributed by atoms with Gasteiger partial charge in [0.1, 0.15) is 5.65 Å². The number of pyridine rings is 1. The molecule has 0 radical (unpaired) electrons. The second kappa shape index (κ2) is 6.42. The van der Waals surface area contributed by atoms with Crippen molar-refractivity contribution < 1.29 is 8.42 Å². The summed E-state index contributed by atoms with van der Waals surface area (Å²) in [5.41, 5.74) is 3.27. The van der Waals surface area contributed by atoms with E-state index in [0.717, 1.165) is 23.3 Å². The number of aromatic nitrogens is 2. The van der Waals surface area contributed by atoms with Crippen LogP contribution in [0.1, 0.15) is 19.8 Å². The van der Waals surface area contributed by atoms with Crippen molar-refractivity contribution in [2.75, 3.05) is 10.5 Å². The maximum absolute atomic E-state index is 11.9. The number of imidazole rings is 1. The van der Waals surface area contributed by atoms with E-state index in [4.69, 9.17) is 0 Å². The standard InChI is InChI=1S/C17H19N3O2S/c1-2-3-12-23(21,22)19-15-9-7-14(8-10-15)16-13-20-11-5-4-6-17(20)18-16/h4-11,13,19H,2-3,12H2,1H3. The molecule has 2 aromatic heterocycles. The molecule has 5 nitrogen and oxygen atoms in total. The average molecular weight is 329 g/mol. The van der Waals surface area contributed by atoms with Crippen molar-refractivity contribution in [3.63, 3.8) is 0 Å². The van der Waals surface area contributed by atoms with Gasteiger partial charge in [0, 0.05) is 23.6 Å². The Morgan fingerprint density at radius 1 is 1.13 bits per heavy atom. The molecule has 0 unspecified atom stereocenters. The van der Waals surface area contributed by atoms with E-state index >= 15 is 0 Å². The van der Waals surface area contributed by atoms with Crippen LogP contribution in [0.5, 0.6) is 0 Å². The highest BCUT2D eigenvalue weighted by Crippen LogP contribution is 2.21. The summed E-state index contributed by atoms with van der Waals surface area (Å²) >= 11 is 0. The number of hydrogen-bond acceptors (Lipinski definition) is 3. The molecular formula is C17H19N3O2S. The molecule has 0 aliphatic carbocycles. The van der Waals surface area contributed by atoms with Crippen LogP contribution in [-0.2, 0) is 10.0 Å². The van der Waals surface area contributed by atoms with Gasteiger partial charge in [-0.2, -0.15) is 0 Å². The van der Waals surface area contributed by atoms with E-state index in [1.807, 2.05) is 54.0 Å². The van der Waals surface area contributed by atoms with Gasteiger partial charge in [0.15, 0.2) is 0 Å². The van der Waals surface area contributed by atoms with Gasteiger partial charge in [-0.15, -0.1) is 0 Å². The number of nitrogens with one attached hydrogen (secondary N) is 1. The third-order valence-electron chi connectivity index (χ3n) is 3.58. The largest absolute Gasteiger partial charge is 0.306 e. The lowest BCUT2D eigenvalue weighted by atomic mass is 10.1. The van der Waals surface area contributed by atoms with E-state index in [-0.39, 0.29) is 5.75 Å². The molecular weight excluding hydrogens is 310 g/mol. The van der Waals surface area contributed by atoms with Crippen LogP contribution in [0.15, 0.2) is 54.9 Å². The third kappa shape index (κ3) is 3.71. The Kier molecular flexibility index (Phi) is 4.34. The van der Waals surface area contributed by atoms with Gasteiger partial charge in [-0.05, 0) is 30.7 Å². The highest BCUT2D eigenvalue weighted by atomic mass is 32.2. The number of anilines is 1. The molecule has 1 N–H and O–H groups in total. The molecule has 0 atom stereocenters. The van der Waals surface area contributed by atoms with Crippen LogP contribution in [0.4, 0.5) is 5.69 Å². The van der Waals surface area contributed by atoms with Crippen LogP contribution >= 0.6 is 0 Å². The minimum atomic E-state index is -3.26. The van der Waals surface area contributed by atoms with Gasteiger partial charge in [-0.25, -0.2) is 13.4 Å². The zero-order valence-corrected chi connectivity index (χ0v) is 13.8. The zero-order chi connectivity index (χ0) is 16.3. The maximum Gasteiger partial charge on any atom is 0.232 e. The molecule has 3 aromatic rings. The minimum absolute atomic E-state index is 0.150. The summed E-state index contributed by atoms with van der Waals surface area (Å²) < 4.78 is 28.4. The van der Waals surface area contributed by atoms with Gasteiger partial charge in [0.05, 0.1) is 11.4 Å². The SMILES string of the molecule is CCCCS(=O)(=O)Nc1ccc(-c2cn3ccccc3n2)cc1. The molecule has 0 saturated heterocycles. The Labute approximate surface area is 136 Å². The third-order valence-corrected chi connectivity index (χ3v) is 4.96. The topological polar surface area (TPSA) is 63.5 Å². The Balaban J connectivity index is 1.79. The summed E-state index contributed by atoms with van der Waals surface area (Å²) in [4.78, 5) is 4.55. The first-order valence-electron chi connectivity index (χ1n) is 7.62. The monoisotopic (exact) mass is 329 g/mol. The molecule has 1 aromatic carbocycles. The van der Waals surface area contributed by atoms with Crippen LogP contribution in [-0.4, -0.2) is 23.6 Å². The van der Waals surface area contributed by atoms with Gasteiger partial charge in [-0.3, -0.25) is 4.72 Å². The molecule has 120 valence electrons. The maximum atomic E-state index is 11.9. The lowest BCUT2D eigenvalue weighted by Crippen LogP contribution is -2.16. The number of sulfonamides is 1. The van der Waals surface area contributed by atoms with Crippen LogP contribution in [0.3, 0.4) is 0 Å². The van der Waals surface area contributed by atoms with Crippen LogP contribution < -0.4 is 4.72 Å². The molecule has 23 heavy (non-hydrogen) atoms. The summed E-state index contributed by atoms with van der Waals surface area (Å²) in [6.45, 7) is 1.97. The Morgan fingerprint density at radius 2 is 1.91 bits per heavy atom. The van der Waals surface area contributed by atoms with Gasteiger partial charge >= 0.3 is 0 Å². The van der Waals surface area contributed by atoms with Crippen LogP contribution in [0.2, 0.25) is 0 Å². The van der Waals surface area contributed by atoms with E-state index in [9.17, 15) is 8.42 Å². The fraction of sp³-hybridized carbons (Fsp3) is 0.235. The first kappa shape index (κ1) is 15.6. The predicted molar refractivity (Wildman–Crippen MR) is 92.9 cm³/mol. The molecule has 0 fully saturated rings. The number of rotatable bonds is 6. The van der Waals surface area contributed by atoms with E-state index in [1.54, 1.807) is 12.1 Å². The van der Waals surface area contributed by atoms with Crippen molar-refractivity contribution in [3.05, 3.63) is 54.9 Å². The summed E-state index contributed by atoms with van der Waals surface area (Å²) in [5, 5.41) is 0. The number of nitrogens with zero attached hydrogens (tertiary/aromatic N) is 2. The number of benzene rings is 1. The van der Waals surface area contributed by atoms with Gasteiger partial charge in [0.2, 0.25) is 10.0 Å². The second-order valence-corrected chi connectivity index (χ2v) is 7.29. The lowest BCUT2D eigenvalue weighted by Gasteiger charge is -2.07. The van der Waals surface area contributed by atoms with Crippen molar-refractivity contribution >= 4 is 21.4 Å². The first-order valence-corrected chi connectivity index (χ1v) is 9.27. The van der Waals surface area contributed by atoms with Crippen molar-refractivity contribution in [2.24, 2.45) is 0 Å². The smallest absolute Gasteiger partial charge is 0.232 e. The average Bonchev–Trinajstić information content (AvgIpc) is 2.97. The number of unbranched alkanes of at least 4 members (excludes halogenated alkanes) is 1. The molecule has 0 aliphatic heterocycles. The summed E-state index contributed by atoms with van der Waals surface area (Å²) in [7, 11) is -3.26. The summed E-state index contributed by atoms with van der Waals surface area (Å²) in [5.74, 6) is 0.150. The zero-order valence-electron chi connectivity index (χ0n) is 12.9. The van der Waals surface area contributed by atoms with Gasteiger partial charge in [0.25, 0.3) is 0 Å². The number of hydrogen-bond donors (Lipinski definition) is 1. The highest BCUT2D eigenvalue weighted by molar-refractivity contribution is 7.92. The molecule has 0 spiro atoms. The molecule has 0 amide bonds. The van der Waals surface area contributed by atoms with E-state index < -0.39 is 10.0 Å². The van der Waals surface area contributed by atoms with E-state index in [0.29, 0.717) is 12.1 Å². The van der Waals surface area contributed by atoms with E-state index in [1.165, 1.54) is 0 Å². The molecule has 3 rings (SSSR count). The fourth-order valence-corrected chi connectivity index (χ4v) is 3.61. The highest BCUT2D eigenvalue weighted by Gasteiger charge is 2.10. The van der Waals surface area contributed by atoms with Crippen LogP contribution in [0.25, 0.3) is 16.9 Å². The quantitative estimate of drug-likeness (QED) is 0.752. The second-order valence-electron chi connectivity index (χ2n) is 5.44. The summed E-state index contributed by atoms with van der Waals surface area (Å²) in [6, 6.07) is 13.1. The van der Waals surface area contributed by atoms with Crippen molar-refractivity contribution in [1.82, 2.24) is 9.38 Å². The van der Waals surface area contributed by atoms with E-state index in [2.05, 4.69) is 9.71 Å². The number of fused-ring (bicyclic) bond motifs is 1. The van der Waals surface area contributed by atoms with Crippen LogP contribution in [0, 0.1) is 0 Å². The normalized spacial score (nSPS) is 11.7. The predicted octanol–water partition coefficient (Wildman–Crippen LogP) is 3.54. The minimum Gasteiger partial charge on any atom is -0.306 e. The molecule has 0 saturated carbocycles. The Hall–Kier alpha value is -2.34. The van der Waals surface area contributed by atoms with Crippen molar-refractivity contribution in [2.45, 2.75) is 19.8 Å². The Morgan fingerprint density at radius 3 is 2.61 bits per heavy atom. The molecule has 2 heterocycles. The van der Waals surface area contributed by atoms with Gasteiger partial charge < -0.3 is 4.40 Å². The fourth-order valence-electron chi connectivity index (χ4n) is 2.35. The molecule has 0 bridgehead atoms. The van der Waals surface area contributed by atoms with Gasteiger partial charge in [-0.1, -0.05) is 31.5 Å².